The van der Waals surface area contributed by atoms with E-state index in [1.54, 1.807) is 0 Å². The molecule has 1 aromatic heterocycles. The van der Waals surface area contributed by atoms with E-state index in [-0.39, 0.29) is 17.2 Å². The number of aromatic nitrogens is 1. The van der Waals surface area contributed by atoms with E-state index in [2.05, 4.69) is 55.3 Å². The second-order valence-corrected chi connectivity index (χ2v) is 9.47. The van der Waals surface area contributed by atoms with E-state index in [0.29, 0.717) is 5.13 Å². The molecule has 0 bridgehead atoms. The van der Waals surface area contributed by atoms with Crippen molar-refractivity contribution in [1.82, 2.24) is 4.98 Å². The van der Waals surface area contributed by atoms with Gasteiger partial charge in [-0.3, -0.25) is 4.79 Å². The molecule has 0 fully saturated rings. The number of rotatable bonds is 5. The lowest BCUT2D eigenvalue weighted by Crippen LogP contribution is -2.22. The third-order valence-electron chi connectivity index (χ3n) is 5.31. The summed E-state index contributed by atoms with van der Waals surface area (Å²) in [4.78, 5) is 17.9. The Labute approximate surface area is 187 Å². The van der Waals surface area contributed by atoms with Crippen LogP contribution in [0.5, 0.6) is 0 Å². The molecule has 0 saturated heterocycles. The Balaban J connectivity index is 1.56. The van der Waals surface area contributed by atoms with Gasteiger partial charge in [0.2, 0.25) is 5.91 Å². The van der Waals surface area contributed by atoms with Crippen LogP contribution in [0.4, 0.5) is 5.13 Å². The molecule has 0 radical (unpaired) electrons. The number of hydrogen-bond acceptors (Lipinski definition) is 3. The summed E-state index contributed by atoms with van der Waals surface area (Å²) in [5, 5.41) is 5.63. The second kappa shape index (κ2) is 8.86. The molecule has 0 aliphatic rings. The van der Waals surface area contributed by atoms with Crippen LogP contribution in [0, 0.1) is 0 Å². The van der Waals surface area contributed by atoms with Crippen LogP contribution in [-0.4, -0.2) is 10.9 Å². The molecule has 4 aromatic rings. The molecule has 0 saturated carbocycles. The molecule has 0 aliphatic heterocycles. The molecule has 4 heteroatoms. The molecule has 4 rings (SSSR count). The minimum absolute atomic E-state index is 0.0821. The molecule has 156 valence electrons. The van der Waals surface area contributed by atoms with Gasteiger partial charge in [-0.15, -0.1) is 11.3 Å². The topological polar surface area (TPSA) is 42.0 Å². The largest absolute Gasteiger partial charge is 0.301 e. The van der Waals surface area contributed by atoms with Crippen LogP contribution in [0.15, 0.2) is 90.3 Å². The van der Waals surface area contributed by atoms with Crippen molar-refractivity contribution in [3.05, 3.63) is 107 Å². The summed E-state index contributed by atoms with van der Waals surface area (Å²) in [6, 6.07) is 28.2. The summed E-state index contributed by atoms with van der Waals surface area (Å²) in [7, 11) is 0. The summed E-state index contributed by atoms with van der Waals surface area (Å²) < 4.78 is 0. The predicted molar refractivity (Wildman–Crippen MR) is 130 cm³/mol. The summed E-state index contributed by atoms with van der Waals surface area (Å²) in [5.41, 5.74) is 5.24. The highest BCUT2D eigenvalue weighted by Crippen LogP contribution is 2.30. The predicted octanol–water partition coefficient (Wildman–Crippen LogP) is 6.88. The Bertz CT molecular complexity index is 1100. The quantitative estimate of drug-likeness (QED) is 0.378. The van der Waals surface area contributed by atoms with E-state index >= 15 is 0 Å². The molecular weight excluding hydrogens is 400 g/mol. The van der Waals surface area contributed by atoms with Gasteiger partial charge in [0.15, 0.2) is 5.13 Å². The van der Waals surface area contributed by atoms with Crippen LogP contribution in [0.1, 0.15) is 43.4 Å². The summed E-state index contributed by atoms with van der Waals surface area (Å²) >= 11 is 1.45. The third-order valence-corrected chi connectivity index (χ3v) is 6.07. The number of thiazole rings is 1. The average Bonchev–Trinajstić information content (AvgIpc) is 3.23. The number of hydrogen-bond donors (Lipinski definition) is 1. The number of nitrogens with zero attached hydrogens (tertiary/aromatic N) is 1. The molecule has 0 spiro atoms. The Hall–Kier alpha value is -3.24. The van der Waals surface area contributed by atoms with Crippen molar-refractivity contribution in [3.63, 3.8) is 0 Å². The fraction of sp³-hybridized carbons (Fsp3) is 0.185. The van der Waals surface area contributed by atoms with Gasteiger partial charge in [0, 0.05) is 10.9 Å². The minimum Gasteiger partial charge on any atom is -0.301 e. The first kappa shape index (κ1) is 21.0. The number of carbonyl (C=O) groups is 1. The smallest absolute Gasteiger partial charge is 0.238 e. The number of nitrogens with one attached hydrogen (secondary N) is 1. The molecule has 1 N–H and O–H groups in total. The lowest BCUT2D eigenvalue weighted by molar-refractivity contribution is -0.116. The van der Waals surface area contributed by atoms with Crippen molar-refractivity contribution in [2.75, 3.05) is 5.32 Å². The average molecular weight is 427 g/mol. The molecule has 1 heterocycles. The van der Waals surface area contributed by atoms with E-state index < -0.39 is 0 Å². The molecule has 1 amide bonds. The Morgan fingerprint density at radius 3 is 1.90 bits per heavy atom. The maximum Gasteiger partial charge on any atom is 0.238 e. The van der Waals surface area contributed by atoms with Crippen LogP contribution >= 0.6 is 11.3 Å². The summed E-state index contributed by atoms with van der Waals surface area (Å²) in [6.07, 6.45) is 0. The molecule has 0 unspecified atom stereocenters. The van der Waals surface area contributed by atoms with Gasteiger partial charge < -0.3 is 5.32 Å². The van der Waals surface area contributed by atoms with Crippen molar-refractivity contribution in [2.45, 2.75) is 32.1 Å². The fourth-order valence-electron chi connectivity index (χ4n) is 3.57. The van der Waals surface area contributed by atoms with Gasteiger partial charge in [-0.2, -0.15) is 0 Å². The number of amides is 1. The minimum atomic E-state index is -0.388. The zero-order valence-electron chi connectivity index (χ0n) is 18.0. The zero-order valence-corrected chi connectivity index (χ0v) is 18.8. The van der Waals surface area contributed by atoms with Gasteiger partial charge in [-0.25, -0.2) is 4.98 Å². The monoisotopic (exact) mass is 426 g/mol. The first-order chi connectivity index (χ1) is 14.9. The highest BCUT2D eigenvalue weighted by atomic mass is 32.1. The molecule has 3 nitrogen and oxygen atoms in total. The fourth-order valence-corrected chi connectivity index (χ4v) is 4.29. The lowest BCUT2D eigenvalue weighted by atomic mass is 9.86. The van der Waals surface area contributed by atoms with Crippen molar-refractivity contribution < 1.29 is 4.79 Å². The van der Waals surface area contributed by atoms with E-state index in [9.17, 15) is 4.79 Å². The van der Waals surface area contributed by atoms with Crippen molar-refractivity contribution in [1.29, 1.82) is 0 Å². The summed E-state index contributed by atoms with van der Waals surface area (Å²) in [6.45, 7) is 6.61. The maximum atomic E-state index is 13.3. The van der Waals surface area contributed by atoms with E-state index in [4.69, 9.17) is 0 Å². The maximum absolute atomic E-state index is 13.3. The van der Waals surface area contributed by atoms with Gasteiger partial charge in [-0.1, -0.05) is 106 Å². The van der Waals surface area contributed by atoms with E-state index in [0.717, 1.165) is 22.4 Å². The highest BCUT2D eigenvalue weighted by molar-refractivity contribution is 7.14. The van der Waals surface area contributed by atoms with Gasteiger partial charge in [-0.05, 0) is 22.1 Å². The van der Waals surface area contributed by atoms with Crippen LogP contribution in [0.25, 0.3) is 11.3 Å². The van der Waals surface area contributed by atoms with Crippen molar-refractivity contribution >= 4 is 22.4 Å². The van der Waals surface area contributed by atoms with Gasteiger partial charge >= 0.3 is 0 Å². The Kier molecular flexibility index (Phi) is 6.01. The molecule has 0 aliphatic carbocycles. The van der Waals surface area contributed by atoms with Gasteiger partial charge in [0.1, 0.15) is 0 Å². The van der Waals surface area contributed by atoms with Crippen LogP contribution in [-0.2, 0) is 10.2 Å². The Morgan fingerprint density at radius 2 is 1.39 bits per heavy atom. The lowest BCUT2D eigenvalue weighted by Gasteiger charge is -2.18. The first-order valence-electron chi connectivity index (χ1n) is 10.4. The van der Waals surface area contributed by atoms with Crippen LogP contribution in [0.3, 0.4) is 0 Å². The summed E-state index contributed by atoms with van der Waals surface area (Å²) in [5.74, 6) is -0.470. The number of carbonyl (C=O) groups excluding carboxylic acids is 1. The first-order valence-corrected chi connectivity index (χ1v) is 11.3. The Morgan fingerprint density at radius 1 is 0.839 bits per heavy atom. The van der Waals surface area contributed by atoms with Crippen molar-refractivity contribution in [3.8, 4) is 11.3 Å². The molecule has 31 heavy (non-hydrogen) atoms. The van der Waals surface area contributed by atoms with Crippen LogP contribution in [0.2, 0.25) is 0 Å². The zero-order chi connectivity index (χ0) is 21.8. The molecule has 0 atom stereocenters. The third kappa shape index (κ3) is 4.92. The SMILES string of the molecule is CC(C)(C)c1ccc(-c2csc(NC(=O)C(c3ccccc3)c3ccccc3)n2)cc1. The van der Waals surface area contributed by atoms with E-state index in [1.165, 1.54) is 16.9 Å². The standard InChI is InChI=1S/C27H26N2OS/c1-27(2,3)22-16-14-19(15-17-22)23-18-31-26(28-23)29-25(30)24(20-10-6-4-7-11-20)21-12-8-5-9-13-21/h4-18,24H,1-3H3,(H,28,29,30). The van der Waals surface area contributed by atoms with E-state index in [1.807, 2.05) is 66.0 Å². The number of anilines is 1. The van der Waals surface area contributed by atoms with Crippen molar-refractivity contribution in [2.24, 2.45) is 0 Å². The molecular formula is C27H26N2OS. The van der Waals surface area contributed by atoms with Crippen LogP contribution < -0.4 is 5.32 Å². The van der Waals surface area contributed by atoms with Gasteiger partial charge in [0.05, 0.1) is 11.6 Å². The number of benzene rings is 3. The molecule has 3 aromatic carbocycles. The highest BCUT2D eigenvalue weighted by Gasteiger charge is 2.23. The normalized spacial score (nSPS) is 11.5. The second-order valence-electron chi connectivity index (χ2n) is 8.61. The van der Waals surface area contributed by atoms with Gasteiger partial charge in [0.25, 0.3) is 0 Å².